The minimum absolute atomic E-state index is 0.306. The van der Waals surface area contributed by atoms with E-state index in [1.165, 1.54) is 6.42 Å². The number of nitrogens with zero attached hydrogens (tertiary/aromatic N) is 2. The maximum atomic E-state index is 5.95. The van der Waals surface area contributed by atoms with Crippen molar-refractivity contribution < 1.29 is 4.74 Å². The topological polar surface area (TPSA) is 53.1 Å². The summed E-state index contributed by atoms with van der Waals surface area (Å²) in [5.74, 6) is 0. The Morgan fingerprint density at radius 3 is 2.88 bits per heavy atom. The van der Waals surface area contributed by atoms with Crippen molar-refractivity contribution in [2.24, 2.45) is 12.8 Å². The van der Waals surface area contributed by atoms with Crippen molar-refractivity contribution in [3.05, 3.63) is 15.9 Å². The van der Waals surface area contributed by atoms with Crippen LogP contribution in [0.15, 0.2) is 4.47 Å². The van der Waals surface area contributed by atoms with Crippen molar-refractivity contribution in [3.63, 3.8) is 0 Å². The number of aryl methyl sites for hydroxylation is 2. The number of rotatable bonds is 3. The van der Waals surface area contributed by atoms with E-state index in [2.05, 4.69) is 21.0 Å². The van der Waals surface area contributed by atoms with Crippen LogP contribution in [0.4, 0.5) is 0 Å². The van der Waals surface area contributed by atoms with Crippen molar-refractivity contribution in [1.29, 1.82) is 0 Å². The van der Waals surface area contributed by atoms with E-state index in [-0.39, 0.29) is 0 Å². The van der Waals surface area contributed by atoms with Crippen LogP contribution in [0, 0.1) is 6.92 Å². The van der Waals surface area contributed by atoms with E-state index in [0.717, 1.165) is 35.1 Å². The Hall–Kier alpha value is -0.390. The predicted octanol–water partition coefficient (Wildman–Crippen LogP) is 2.28. The van der Waals surface area contributed by atoms with Gasteiger partial charge >= 0.3 is 0 Å². The minimum atomic E-state index is 0.306. The molecule has 0 saturated heterocycles. The number of hydrogen-bond acceptors (Lipinski definition) is 3. The van der Waals surface area contributed by atoms with Crippen LogP contribution in [-0.4, -0.2) is 21.9 Å². The summed E-state index contributed by atoms with van der Waals surface area (Å²) < 4.78 is 8.88. The first-order valence-electron chi connectivity index (χ1n) is 6.13. The van der Waals surface area contributed by atoms with Gasteiger partial charge in [0.1, 0.15) is 0 Å². The van der Waals surface area contributed by atoms with Gasteiger partial charge in [-0.25, -0.2) is 0 Å². The summed E-state index contributed by atoms with van der Waals surface area (Å²) in [6, 6.07) is 0.311. The summed E-state index contributed by atoms with van der Waals surface area (Å²) in [5, 5.41) is 4.35. The smallest absolute Gasteiger partial charge is 0.0900 e. The van der Waals surface area contributed by atoms with E-state index in [9.17, 15) is 0 Å². The molecule has 2 rings (SSSR count). The molecule has 1 aromatic heterocycles. The Kier molecular flexibility index (Phi) is 4.22. The first kappa shape index (κ1) is 13.1. The number of hydrogen-bond donors (Lipinski definition) is 1. The average Bonchev–Trinajstić information content (AvgIpc) is 2.51. The molecule has 17 heavy (non-hydrogen) atoms. The van der Waals surface area contributed by atoms with Gasteiger partial charge in [0.15, 0.2) is 0 Å². The number of halogens is 1. The lowest BCUT2D eigenvalue weighted by Gasteiger charge is -2.26. The van der Waals surface area contributed by atoms with Crippen molar-refractivity contribution in [3.8, 4) is 0 Å². The summed E-state index contributed by atoms with van der Waals surface area (Å²) in [4.78, 5) is 0. The second-order valence-electron chi connectivity index (χ2n) is 4.83. The third-order valence-corrected chi connectivity index (χ3v) is 4.42. The van der Waals surface area contributed by atoms with Crippen LogP contribution in [0.1, 0.15) is 37.1 Å². The molecule has 0 spiro atoms. The fourth-order valence-electron chi connectivity index (χ4n) is 2.37. The Bertz CT molecular complexity index is 391. The molecule has 2 atom stereocenters. The minimum Gasteiger partial charge on any atom is -0.372 e. The molecule has 1 aliphatic carbocycles. The maximum absolute atomic E-state index is 5.95. The van der Waals surface area contributed by atoms with Gasteiger partial charge in [0, 0.05) is 13.1 Å². The molecule has 0 bridgehead atoms. The highest BCUT2D eigenvalue weighted by Gasteiger charge is 2.20. The first-order chi connectivity index (χ1) is 8.08. The van der Waals surface area contributed by atoms with Gasteiger partial charge in [0.25, 0.3) is 0 Å². The van der Waals surface area contributed by atoms with Crippen LogP contribution in [0.2, 0.25) is 0 Å². The van der Waals surface area contributed by atoms with Crippen LogP contribution >= 0.6 is 15.9 Å². The molecule has 0 radical (unpaired) electrons. The predicted molar refractivity (Wildman–Crippen MR) is 70.7 cm³/mol. The Morgan fingerprint density at radius 1 is 1.53 bits per heavy atom. The fraction of sp³-hybridized carbons (Fsp3) is 0.750. The van der Waals surface area contributed by atoms with E-state index in [1.807, 2.05) is 18.7 Å². The van der Waals surface area contributed by atoms with Crippen molar-refractivity contribution in [2.75, 3.05) is 0 Å². The summed E-state index contributed by atoms with van der Waals surface area (Å²) in [5.41, 5.74) is 8.06. The molecule has 96 valence electrons. The van der Waals surface area contributed by atoms with E-state index >= 15 is 0 Å². The molecular formula is C12H20BrN3O. The second-order valence-corrected chi connectivity index (χ2v) is 5.62. The number of nitrogens with two attached hydrogens (primary N) is 1. The molecule has 0 aromatic carbocycles. The van der Waals surface area contributed by atoms with E-state index in [0.29, 0.717) is 18.8 Å². The van der Waals surface area contributed by atoms with Crippen LogP contribution in [0.25, 0.3) is 0 Å². The van der Waals surface area contributed by atoms with Gasteiger partial charge in [-0.2, -0.15) is 5.10 Å². The largest absolute Gasteiger partial charge is 0.372 e. The lowest BCUT2D eigenvalue weighted by molar-refractivity contribution is 0.00913. The van der Waals surface area contributed by atoms with Gasteiger partial charge < -0.3 is 10.5 Å². The standard InChI is InChI=1S/C12H20BrN3O/c1-8-12(13)11(16(2)15-8)7-17-10-5-3-4-9(14)6-10/h9-10H,3-7,14H2,1-2H3. The van der Waals surface area contributed by atoms with E-state index < -0.39 is 0 Å². The van der Waals surface area contributed by atoms with E-state index in [4.69, 9.17) is 10.5 Å². The molecule has 2 N–H and O–H groups in total. The Labute approximate surface area is 111 Å². The summed E-state index contributed by atoms with van der Waals surface area (Å²) in [7, 11) is 1.95. The normalized spacial score (nSPS) is 25.2. The van der Waals surface area contributed by atoms with Crippen molar-refractivity contribution >= 4 is 15.9 Å². The van der Waals surface area contributed by atoms with Gasteiger partial charge in [0.05, 0.1) is 28.6 Å². The van der Waals surface area contributed by atoms with Gasteiger partial charge in [-0.1, -0.05) is 0 Å². The highest BCUT2D eigenvalue weighted by Crippen LogP contribution is 2.24. The average molecular weight is 302 g/mol. The Balaban J connectivity index is 1.93. The van der Waals surface area contributed by atoms with Crippen LogP contribution in [0.3, 0.4) is 0 Å². The zero-order valence-corrected chi connectivity index (χ0v) is 12.0. The van der Waals surface area contributed by atoms with Crippen LogP contribution < -0.4 is 5.73 Å². The number of ether oxygens (including phenoxy) is 1. The second kappa shape index (κ2) is 5.50. The molecule has 5 heteroatoms. The zero-order valence-electron chi connectivity index (χ0n) is 10.4. The first-order valence-corrected chi connectivity index (χ1v) is 6.92. The van der Waals surface area contributed by atoms with Crippen molar-refractivity contribution in [1.82, 2.24) is 9.78 Å². The van der Waals surface area contributed by atoms with Crippen LogP contribution in [-0.2, 0) is 18.4 Å². The van der Waals surface area contributed by atoms with E-state index in [1.54, 1.807) is 0 Å². The monoisotopic (exact) mass is 301 g/mol. The highest BCUT2D eigenvalue weighted by molar-refractivity contribution is 9.10. The maximum Gasteiger partial charge on any atom is 0.0900 e. The molecular weight excluding hydrogens is 282 g/mol. The molecule has 0 amide bonds. The molecule has 1 fully saturated rings. The third-order valence-electron chi connectivity index (χ3n) is 3.38. The number of aromatic nitrogens is 2. The zero-order chi connectivity index (χ0) is 12.4. The third kappa shape index (κ3) is 3.09. The lowest BCUT2D eigenvalue weighted by atomic mass is 9.94. The molecule has 1 aliphatic rings. The molecule has 1 saturated carbocycles. The van der Waals surface area contributed by atoms with Gasteiger partial charge in [-0.05, 0) is 48.5 Å². The van der Waals surface area contributed by atoms with Gasteiger partial charge in [0.2, 0.25) is 0 Å². The highest BCUT2D eigenvalue weighted by atomic mass is 79.9. The molecule has 2 unspecified atom stereocenters. The molecule has 1 heterocycles. The van der Waals surface area contributed by atoms with Gasteiger partial charge in [-0.15, -0.1) is 0 Å². The quantitative estimate of drug-likeness (QED) is 0.932. The van der Waals surface area contributed by atoms with Crippen molar-refractivity contribution in [2.45, 2.75) is 51.4 Å². The SMILES string of the molecule is Cc1nn(C)c(COC2CCCC(N)C2)c1Br. The summed E-state index contributed by atoms with van der Waals surface area (Å²) in [6.45, 7) is 2.60. The van der Waals surface area contributed by atoms with Gasteiger partial charge in [-0.3, -0.25) is 4.68 Å². The molecule has 0 aliphatic heterocycles. The lowest BCUT2D eigenvalue weighted by Crippen LogP contribution is -2.32. The molecule has 1 aromatic rings. The fourth-order valence-corrected chi connectivity index (χ4v) is 2.82. The Morgan fingerprint density at radius 2 is 2.29 bits per heavy atom. The summed E-state index contributed by atoms with van der Waals surface area (Å²) >= 11 is 3.55. The molecule has 4 nitrogen and oxygen atoms in total. The summed E-state index contributed by atoms with van der Waals surface area (Å²) in [6.07, 6.45) is 4.73. The van der Waals surface area contributed by atoms with Crippen LogP contribution in [0.5, 0.6) is 0 Å².